The van der Waals surface area contributed by atoms with Crippen molar-refractivity contribution < 1.29 is 0 Å². The molecule has 1 heterocycles. The number of hydrogen-bond donors (Lipinski definition) is 1. The molecule has 1 aromatic heterocycles. The Morgan fingerprint density at radius 3 is 2.73 bits per heavy atom. The van der Waals surface area contributed by atoms with Gasteiger partial charge in [0.1, 0.15) is 10.0 Å². The van der Waals surface area contributed by atoms with Gasteiger partial charge in [-0.1, -0.05) is 25.2 Å². The summed E-state index contributed by atoms with van der Waals surface area (Å²) in [4.78, 5) is 0. The molecule has 0 spiro atoms. The van der Waals surface area contributed by atoms with Crippen LogP contribution in [0.15, 0.2) is 0 Å². The molecule has 0 radical (unpaired) electrons. The zero-order valence-corrected chi connectivity index (χ0v) is 10.1. The predicted molar refractivity (Wildman–Crippen MR) is 60.9 cm³/mol. The van der Waals surface area contributed by atoms with Crippen molar-refractivity contribution >= 4 is 11.3 Å². The molecule has 1 atom stereocenters. The SMILES string of the molecule is CC1(C)CC1c1nnc(CNC2CC2)s1. The molecular formula is C11H17N3S. The van der Waals surface area contributed by atoms with Crippen molar-refractivity contribution in [2.75, 3.05) is 0 Å². The summed E-state index contributed by atoms with van der Waals surface area (Å²) in [6.07, 6.45) is 3.94. The molecule has 0 saturated heterocycles. The van der Waals surface area contributed by atoms with Gasteiger partial charge in [0, 0.05) is 18.5 Å². The highest BCUT2D eigenvalue weighted by Gasteiger charge is 2.48. The molecule has 0 bridgehead atoms. The van der Waals surface area contributed by atoms with Crippen molar-refractivity contribution in [1.82, 2.24) is 15.5 Å². The fourth-order valence-electron chi connectivity index (χ4n) is 1.89. The van der Waals surface area contributed by atoms with Crippen LogP contribution in [0.4, 0.5) is 0 Å². The molecule has 1 N–H and O–H groups in total. The average molecular weight is 223 g/mol. The van der Waals surface area contributed by atoms with Gasteiger partial charge < -0.3 is 5.32 Å². The van der Waals surface area contributed by atoms with Crippen LogP contribution in [0, 0.1) is 5.41 Å². The van der Waals surface area contributed by atoms with Crippen molar-refractivity contribution in [1.29, 1.82) is 0 Å². The van der Waals surface area contributed by atoms with Crippen molar-refractivity contribution in [2.45, 2.75) is 51.6 Å². The lowest BCUT2D eigenvalue weighted by atomic mass is 10.1. The van der Waals surface area contributed by atoms with Crippen molar-refractivity contribution in [3.63, 3.8) is 0 Å². The van der Waals surface area contributed by atoms with Gasteiger partial charge in [-0.05, 0) is 24.7 Å². The Morgan fingerprint density at radius 2 is 2.13 bits per heavy atom. The summed E-state index contributed by atoms with van der Waals surface area (Å²) in [6, 6.07) is 0.759. The molecule has 0 aromatic carbocycles. The van der Waals surface area contributed by atoms with E-state index in [2.05, 4.69) is 29.4 Å². The van der Waals surface area contributed by atoms with E-state index in [1.807, 2.05) is 0 Å². The van der Waals surface area contributed by atoms with Gasteiger partial charge in [0.05, 0.1) is 0 Å². The van der Waals surface area contributed by atoms with Gasteiger partial charge in [0.15, 0.2) is 0 Å². The second-order valence-electron chi connectivity index (χ2n) is 5.43. The first kappa shape index (κ1) is 9.73. The summed E-state index contributed by atoms with van der Waals surface area (Å²) in [5.74, 6) is 0.671. The Kier molecular flexibility index (Phi) is 2.11. The zero-order chi connectivity index (χ0) is 10.5. The molecule has 2 aliphatic carbocycles. The summed E-state index contributed by atoms with van der Waals surface area (Å²) < 4.78 is 0. The summed E-state index contributed by atoms with van der Waals surface area (Å²) in [7, 11) is 0. The van der Waals surface area contributed by atoms with Crippen LogP contribution in [-0.2, 0) is 6.54 Å². The maximum atomic E-state index is 4.30. The molecule has 2 saturated carbocycles. The van der Waals surface area contributed by atoms with E-state index in [0.717, 1.165) is 17.6 Å². The standard InChI is InChI=1S/C11H17N3S/c1-11(2)5-8(11)10-14-13-9(15-10)6-12-7-3-4-7/h7-8,12H,3-6H2,1-2H3. The number of nitrogens with one attached hydrogen (secondary N) is 1. The molecule has 2 aliphatic rings. The molecule has 1 unspecified atom stereocenters. The highest BCUT2D eigenvalue weighted by atomic mass is 32.1. The quantitative estimate of drug-likeness (QED) is 0.851. The molecule has 0 amide bonds. The third kappa shape index (κ3) is 2.06. The third-order valence-corrected chi connectivity index (χ3v) is 4.45. The van der Waals surface area contributed by atoms with Crippen LogP contribution in [0.5, 0.6) is 0 Å². The maximum absolute atomic E-state index is 4.30. The Bertz CT molecular complexity index is 368. The number of aromatic nitrogens is 2. The fourth-order valence-corrected chi connectivity index (χ4v) is 2.99. The molecule has 4 heteroatoms. The summed E-state index contributed by atoms with van der Waals surface area (Å²) in [5, 5.41) is 14.4. The molecule has 2 fully saturated rings. The van der Waals surface area contributed by atoms with E-state index in [1.54, 1.807) is 11.3 Å². The molecule has 1 aromatic rings. The molecule has 3 rings (SSSR count). The summed E-state index contributed by atoms with van der Waals surface area (Å²) in [5.41, 5.74) is 0.473. The normalized spacial score (nSPS) is 28.0. The minimum absolute atomic E-state index is 0.473. The summed E-state index contributed by atoms with van der Waals surface area (Å²) >= 11 is 1.79. The van der Waals surface area contributed by atoms with Gasteiger partial charge in [-0.2, -0.15) is 0 Å². The molecule has 82 valence electrons. The fraction of sp³-hybridized carbons (Fsp3) is 0.818. The van der Waals surface area contributed by atoms with Crippen LogP contribution in [0.2, 0.25) is 0 Å². The average Bonchev–Trinajstić information content (AvgIpc) is 3.06. The lowest BCUT2D eigenvalue weighted by Crippen LogP contribution is -2.14. The van der Waals surface area contributed by atoms with Gasteiger partial charge in [-0.3, -0.25) is 0 Å². The minimum Gasteiger partial charge on any atom is -0.308 e. The Balaban J connectivity index is 1.60. The first-order valence-corrected chi connectivity index (χ1v) is 6.52. The van der Waals surface area contributed by atoms with Crippen molar-refractivity contribution in [3.8, 4) is 0 Å². The lowest BCUT2D eigenvalue weighted by molar-refractivity contribution is 0.617. The highest BCUT2D eigenvalue weighted by Crippen LogP contribution is 2.58. The Morgan fingerprint density at radius 1 is 1.40 bits per heavy atom. The Labute approximate surface area is 94.3 Å². The van der Waals surface area contributed by atoms with Crippen LogP contribution in [0.25, 0.3) is 0 Å². The minimum atomic E-state index is 0.473. The number of rotatable bonds is 4. The number of hydrogen-bond acceptors (Lipinski definition) is 4. The van der Waals surface area contributed by atoms with Gasteiger partial charge >= 0.3 is 0 Å². The largest absolute Gasteiger partial charge is 0.308 e. The van der Waals surface area contributed by atoms with E-state index in [0.29, 0.717) is 11.3 Å². The second-order valence-corrected chi connectivity index (χ2v) is 6.53. The van der Waals surface area contributed by atoms with E-state index in [1.165, 1.54) is 24.3 Å². The predicted octanol–water partition coefficient (Wildman–Crippen LogP) is 2.30. The van der Waals surface area contributed by atoms with Crippen LogP contribution < -0.4 is 5.32 Å². The van der Waals surface area contributed by atoms with Crippen molar-refractivity contribution in [2.24, 2.45) is 5.41 Å². The second kappa shape index (κ2) is 3.25. The lowest BCUT2D eigenvalue weighted by Gasteiger charge is -1.97. The van der Waals surface area contributed by atoms with E-state index in [4.69, 9.17) is 0 Å². The molecular weight excluding hydrogens is 206 g/mol. The van der Waals surface area contributed by atoms with Crippen molar-refractivity contribution in [3.05, 3.63) is 10.0 Å². The zero-order valence-electron chi connectivity index (χ0n) is 9.29. The molecule has 0 aliphatic heterocycles. The van der Waals surface area contributed by atoms with E-state index < -0.39 is 0 Å². The topological polar surface area (TPSA) is 37.8 Å². The molecule has 3 nitrogen and oxygen atoms in total. The van der Waals surface area contributed by atoms with Crippen LogP contribution >= 0.6 is 11.3 Å². The Hall–Kier alpha value is -0.480. The van der Waals surface area contributed by atoms with Crippen LogP contribution in [-0.4, -0.2) is 16.2 Å². The highest BCUT2D eigenvalue weighted by molar-refractivity contribution is 7.11. The first-order chi connectivity index (χ1) is 7.15. The number of nitrogens with zero attached hydrogens (tertiary/aromatic N) is 2. The third-order valence-electron chi connectivity index (χ3n) is 3.41. The maximum Gasteiger partial charge on any atom is 0.131 e. The van der Waals surface area contributed by atoms with Gasteiger partial charge in [0.25, 0.3) is 0 Å². The van der Waals surface area contributed by atoms with Gasteiger partial charge in [-0.25, -0.2) is 0 Å². The van der Waals surface area contributed by atoms with Gasteiger partial charge in [-0.15, -0.1) is 10.2 Å². The summed E-state index contributed by atoms with van der Waals surface area (Å²) in [6.45, 7) is 5.53. The first-order valence-electron chi connectivity index (χ1n) is 5.71. The monoisotopic (exact) mass is 223 g/mol. The van der Waals surface area contributed by atoms with Crippen LogP contribution in [0.3, 0.4) is 0 Å². The van der Waals surface area contributed by atoms with E-state index >= 15 is 0 Å². The van der Waals surface area contributed by atoms with E-state index in [-0.39, 0.29) is 0 Å². The van der Waals surface area contributed by atoms with E-state index in [9.17, 15) is 0 Å². The van der Waals surface area contributed by atoms with Crippen LogP contribution in [0.1, 0.15) is 49.0 Å². The molecule has 15 heavy (non-hydrogen) atoms. The smallest absolute Gasteiger partial charge is 0.131 e. The van der Waals surface area contributed by atoms with Gasteiger partial charge in [0.2, 0.25) is 0 Å².